The van der Waals surface area contributed by atoms with Gasteiger partial charge >= 0.3 is 204 Å². The van der Waals surface area contributed by atoms with Gasteiger partial charge in [0.1, 0.15) is 0 Å². The van der Waals surface area contributed by atoms with Crippen LogP contribution in [0.2, 0.25) is 0 Å². The fraction of sp³-hybridized carbons (Fsp3) is 0.400. The summed E-state index contributed by atoms with van der Waals surface area (Å²) >= 11 is 1.48. The van der Waals surface area contributed by atoms with Gasteiger partial charge in [-0.05, 0) is 0 Å². The first-order valence-electron chi connectivity index (χ1n) is 11.8. The van der Waals surface area contributed by atoms with Crippen LogP contribution in [0.1, 0.15) is 101 Å². The molecule has 0 fully saturated rings. The van der Waals surface area contributed by atoms with Crippen LogP contribution in [-0.4, -0.2) is 22.5 Å². The molecule has 0 heterocycles. The predicted octanol–water partition coefficient (Wildman–Crippen LogP) is 8.31. The Bertz CT molecular complexity index is 920. The van der Waals surface area contributed by atoms with Crippen molar-refractivity contribution in [1.29, 1.82) is 0 Å². The summed E-state index contributed by atoms with van der Waals surface area (Å²) < 4.78 is 1.49. The maximum atomic E-state index is 2.35. The second kappa shape index (κ2) is 9.94. The van der Waals surface area contributed by atoms with Crippen molar-refractivity contribution in [2.24, 2.45) is 0 Å². The van der Waals surface area contributed by atoms with Crippen LogP contribution >= 0.6 is 0 Å². The van der Waals surface area contributed by atoms with Gasteiger partial charge in [0.25, 0.3) is 0 Å². The van der Waals surface area contributed by atoms with Crippen molar-refractivity contribution in [2.75, 3.05) is 0 Å². The third kappa shape index (κ3) is 4.80. The molecular weight excluding hydrogens is 479 g/mol. The van der Waals surface area contributed by atoms with Crippen LogP contribution < -0.4 is 3.58 Å². The number of hydrogen-bond acceptors (Lipinski definition) is 0. The van der Waals surface area contributed by atoms with E-state index >= 15 is 0 Å². The minimum absolute atomic E-state index is 0.502. The summed E-state index contributed by atoms with van der Waals surface area (Å²) in [5.41, 5.74) is 11.7. The molecule has 0 aliphatic heterocycles. The molecule has 160 valence electrons. The number of hydrogen-bond donors (Lipinski definition) is 0. The Hall–Kier alpha value is -1.54. The summed E-state index contributed by atoms with van der Waals surface area (Å²) in [6.07, 6.45) is 0. The SMILES string of the molecule is CC(C)c1cccc(C(C)C)c1-c1cccc(-c2c(C(C)C)cccc2C(C)C)[c]1[Sn+]. The molecule has 0 atom stereocenters. The van der Waals surface area contributed by atoms with Gasteiger partial charge in [0.05, 0.1) is 0 Å². The van der Waals surface area contributed by atoms with Crippen molar-refractivity contribution < 1.29 is 0 Å². The average Bonchev–Trinajstić information content (AvgIpc) is 2.72. The van der Waals surface area contributed by atoms with Gasteiger partial charge in [-0.15, -0.1) is 0 Å². The van der Waals surface area contributed by atoms with Gasteiger partial charge < -0.3 is 0 Å². The van der Waals surface area contributed by atoms with Crippen LogP contribution in [0.5, 0.6) is 0 Å². The van der Waals surface area contributed by atoms with E-state index in [2.05, 4.69) is 110 Å². The van der Waals surface area contributed by atoms with Gasteiger partial charge in [0.15, 0.2) is 0 Å². The molecule has 0 N–H and O–H groups in total. The van der Waals surface area contributed by atoms with E-state index in [0.717, 1.165) is 0 Å². The zero-order chi connectivity index (χ0) is 22.9. The molecule has 31 heavy (non-hydrogen) atoms. The van der Waals surface area contributed by atoms with Gasteiger partial charge in [-0.3, -0.25) is 0 Å². The summed E-state index contributed by atoms with van der Waals surface area (Å²) in [6, 6.07) is 20.8. The van der Waals surface area contributed by atoms with E-state index in [1.54, 1.807) is 0 Å². The molecule has 0 saturated heterocycles. The van der Waals surface area contributed by atoms with Gasteiger partial charge in [-0.25, -0.2) is 0 Å². The Kier molecular flexibility index (Phi) is 7.73. The topological polar surface area (TPSA) is 0 Å². The Morgan fingerprint density at radius 1 is 0.452 bits per heavy atom. The normalized spacial score (nSPS) is 11.9. The van der Waals surface area contributed by atoms with Crippen molar-refractivity contribution >= 4 is 26.1 Å². The van der Waals surface area contributed by atoms with E-state index < -0.39 is 0 Å². The Balaban J connectivity index is 2.38. The predicted molar refractivity (Wildman–Crippen MR) is 139 cm³/mol. The molecule has 3 aromatic carbocycles. The van der Waals surface area contributed by atoms with Crippen molar-refractivity contribution in [3.8, 4) is 22.3 Å². The van der Waals surface area contributed by atoms with Crippen LogP contribution in [0.25, 0.3) is 22.3 Å². The molecule has 1 heteroatoms. The molecule has 0 nitrogen and oxygen atoms in total. The Morgan fingerprint density at radius 3 is 0.968 bits per heavy atom. The molecule has 0 aliphatic rings. The molecule has 0 bridgehead atoms. The zero-order valence-corrected chi connectivity index (χ0v) is 23.4. The second-order valence-corrected chi connectivity index (χ2v) is 11.4. The van der Waals surface area contributed by atoms with Crippen LogP contribution in [0.15, 0.2) is 54.6 Å². The van der Waals surface area contributed by atoms with Gasteiger partial charge in [-0.1, -0.05) is 0 Å². The summed E-state index contributed by atoms with van der Waals surface area (Å²) in [7, 11) is 0. The molecular formula is C30H37Sn+. The van der Waals surface area contributed by atoms with Crippen molar-refractivity contribution in [3.63, 3.8) is 0 Å². The van der Waals surface area contributed by atoms with Gasteiger partial charge in [0.2, 0.25) is 0 Å². The quantitative estimate of drug-likeness (QED) is 0.289. The molecule has 2 radical (unpaired) electrons. The summed E-state index contributed by atoms with van der Waals surface area (Å²) in [4.78, 5) is 0. The molecule has 0 spiro atoms. The van der Waals surface area contributed by atoms with Crippen LogP contribution in [0.3, 0.4) is 0 Å². The molecule has 0 amide bonds. The van der Waals surface area contributed by atoms with E-state index in [4.69, 9.17) is 0 Å². The van der Waals surface area contributed by atoms with E-state index in [1.807, 2.05) is 0 Å². The average molecular weight is 516 g/mol. The van der Waals surface area contributed by atoms with Crippen molar-refractivity contribution in [1.82, 2.24) is 0 Å². The Morgan fingerprint density at radius 2 is 0.710 bits per heavy atom. The third-order valence-corrected chi connectivity index (χ3v) is 7.89. The van der Waals surface area contributed by atoms with Crippen LogP contribution in [0, 0.1) is 0 Å². The summed E-state index contributed by atoms with van der Waals surface area (Å²) in [5, 5.41) is 0. The first-order chi connectivity index (χ1) is 14.6. The Labute approximate surface area is 203 Å². The maximum absolute atomic E-state index is 2.35. The molecule has 0 aromatic heterocycles. The molecule has 0 unspecified atom stereocenters. The molecule has 3 rings (SSSR count). The fourth-order valence-electron chi connectivity index (χ4n) is 4.69. The second-order valence-electron chi connectivity index (χ2n) is 9.97. The zero-order valence-electron chi connectivity index (χ0n) is 20.5. The monoisotopic (exact) mass is 517 g/mol. The van der Waals surface area contributed by atoms with Crippen LogP contribution in [0.4, 0.5) is 0 Å². The minimum atomic E-state index is 0.502. The van der Waals surface area contributed by atoms with E-state index in [0.29, 0.717) is 23.7 Å². The van der Waals surface area contributed by atoms with Gasteiger partial charge in [0, 0.05) is 0 Å². The summed E-state index contributed by atoms with van der Waals surface area (Å²) in [6.45, 7) is 18.6. The third-order valence-electron chi connectivity index (χ3n) is 6.35. The molecule has 0 saturated carbocycles. The van der Waals surface area contributed by atoms with Crippen molar-refractivity contribution in [3.05, 3.63) is 76.9 Å². The molecule has 0 aliphatic carbocycles. The van der Waals surface area contributed by atoms with E-state index in [9.17, 15) is 0 Å². The standard InChI is InChI=1S/C30H37.Sn/c1-19(2)25-14-10-15-26(20(3)4)29(25)23-12-9-13-24(18-23)30-27(21(5)6)16-11-17-28(30)22(7)8;/h9-17,19-22H,1-8H3;/q;+1. The van der Waals surface area contributed by atoms with Crippen LogP contribution in [-0.2, 0) is 0 Å². The number of benzene rings is 3. The van der Waals surface area contributed by atoms with Crippen molar-refractivity contribution in [2.45, 2.75) is 79.1 Å². The number of rotatable bonds is 6. The first kappa shape index (κ1) is 24.1. The fourth-order valence-corrected chi connectivity index (χ4v) is 5.88. The summed E-state index contributed by atoms with van der Waals surface area (Å²) in [5.74, 6) is 2.01. The molecule has 3 aromatic rings. The van der Waals surface area contributed by atoms with E-state index in [-0.39, 0.29) is 0 Å². The van der Waals surface area contributed by atoms with E-state index in [1.165, 1.54) is 70.6 Å². The first-order valence-corrected chi connectivity index (χ1v) is 13.2. The van der Waals surface area contributed by atoms with Gasteiger partial charge in [-0.2, -0.15) is 0 Å².